The van der Waals surface area contributed by atoms with E-state index >= 15 is 0 Å². The van der Waals surface area contributed by atoms with Gasteiger partial charge in [-0.15, -0.1) is 0 Å². The van der Waals surface area contributed by atoms with E-state index in [1.165, 1.54) is 6.07 Å². The Balaban J connectivity index is 1.59. The van der Waals surface area contributed by atoms with Gasteiger partial charge in [-0.2, -0.15) is 0 Å². The zero-order valence-corrected chi connectivity index (χ0v) is 16.0. The van der Waals surface area contributed by atoms with E-state index in [1.807, 2.05) is 9.80 Å². The standard InChI is InChI=1S/C20H24FN3O5/c21-13-1-2-14-19(18(13)12-5-7-23(8-6-12)11-17(26)27)29-10-9-24(14)15-3-4-16(25)22-20(15)28/h1-2,12,15H,3-11H2,(H,26,27)(H,22,25,28). The smallest absolute Gasteiger partial charge is 0.317 e. The number of aliphatic carboxylic acids is 1. The Morgan fingerprint density at radius 1 is 1.21 bits per heavy atom. The van der Waals surface area contributed by atoms with Gasteiger partial charge in [-0.1, -0.05) is 0 Å². The summed E-state index contributed by atoms with van der Waals surface area (Å²) >= 11 is 0. The SMILES string of the molecule is O=C(O)CN1CCC(c2c(F)ccc3c2OCCN3C2CCC(=O)NC2=O)CC1. The first-order valence-electron chi connectivity index (χ1n) is 9.93. The lowest BCUT2D eigenvalue weighted by Crippen LogP contribution is -2.54. The summed E-state index contributed by atoms with van der Waals surface area (Å²) in [4.78, 5) is 38.5. The number of carbonyl (C=O) groups is 3. The first-order valence-corrected chi connectivity index (χ1v) is 9.93. The Bertz CT molecular complexity index is 838. The van der Waals surface area contributed by atoms with Crippen molar-refractivity contribution in [3.63, 3.8) is 0 Å². The van der Waals surface area contributed by atoms with Crippen molar-refractivity contribution in [1.82, 2.24) is 10.2 Å². The minimum absolute atomic E-state index is 0.0120. The second kappa shape index (κ2) is 7.98. The number of amides is 2. The van der Waals surface area contributed by atoms with E-state index in [9.17, 15) is 18.8 Å². The van der Waals surface area contributed by atoms with E-state index in [0.717, 1.165) is 0 Å². The molecular formula is C20H24FN3O5. The topological polar surface area (TPSA) is 99.2 Å². The van der Waals surface area contributed by atoms with Crippen molar-refractivity contribution < 1.29 is 28.6 Å². The Hall–Kier alpha value is -2.68. The van der Waals surface area contributed by atoms with Gasteiger partial charge in [0.15, 0.2) is 0 Å². The molecule has 0 aliphatic carbocycles. The number of halogens is 1. The van der Waals surface area contributed by atoms with Crippen LogP contribution < -0.4 is 15.0 Å². The molecule has 1 aromatic rings. The molecule has 156 valence electrons. The number of carboxylic acids is 1. The largest absolute Gasteiger partial charge is 0.489 e. The number of rotatable bonds is 4. The summed E-state index contributed by atoms with van der Waals surface area (Å²) in [5.74, 6) is -1.41. The summed E-state index contributed by atoms with van der Waals surface area (Å²) < 4.78 is 20.7. The van der Waals surface area contributed by atoms with E-state index in [4.69, 9.17) is 9.84 Å². The van der Waals surface area contributed by atoms with Gasteiger partial charge >= 0.3 is 5.97 Å². The molecule has 3 aliphatic rings. The van der Waals surface area contributed by atoms with Crippen LogP contribution in [0.25, 0.3) is 0 Å². The minimum atomic E-state index is -0.866. The molecule has 3 aliphatic heterocycles. The highest BCUT2D eigenvalue weighted by molar-refractivity contribution is 6.02. The molecule has 0 saturated carbocycles. The van der Waals surface area contributed by atoms with Gasteiger partial charge in [0, 0.05) is 12.0 Å². The summed E-state index contributed by atoms with van der Waals surface area (Å²) in [5.41, 5.74) is 1.18. The van der Waals surface area contributed by atoms with Gasteiger partial charge in [0.05, 0.1) is 18.8 Å². The molecule has 1 aromatic carbocycles. The predicted molar refractivity (Wildman–Crippen MR) is 101 cm³/mol. The van der Waals surface area contributed by atoms with E-state index in [2.05, 4.69) is 5.32 Å². The Labute approximate surface area is 167 Å². The molecule has 2 saturated heterocycles. The molecule has 0 aromatic heterocycles. The second-order valence-corrected chi connectivity index (χ2v) is 7.76. The lowest BCUT2D eigenvalue weighted by Gasteiger charge is -2.40. The quantitative estimate of drug-likeness (QED) is 0.724. The van der Waals surface area contributed by atoms with Crippen LogP contribution >= 0.6 is 0 Å². The molecule has 1 atom stereocenters. The van der Waals surface area contributed by atoms with Crippen LogP contribution in [-0.2, 0) is 14.4 Å². The highest BCUT2D eigenvalue weighted by atomic mass is 19.1. The maximum Gasteiger partial charge on any atom is 0.317 e. The number of benzene rings is 1. The number of ether oxygens (including phenoxy) is 1. The molecular weight excluding hydrogens is 381 g/mol. The van der Waals surface area contributed by atoms with Gasteiger partial charge in [-0.3, -0.25) is 24.6 Å². The van der Waals surface area contributed by atoms with Crippen molar-refractivity contribution >= 4 is 23.5 Å². The van der Waals surface area contributed by atoms with Crippen LogP contribution in [0, 0.1) is 5.82 Å². The number of nitrogens with zero attached hydrogens (tertiary/aromatic N) is 2. The molecule has 8 nitrogen and oxygen atoms in total. The number of piperidine rings is 2. The zero-order chi connectivity index (χ0) is 20.5. The summed E-state index contributed by atoms with van der Waals surface area (Å²) in [6.45, 7) is 1.97. The van der Waals surface area contributed by atoms with Crippen LogP contribution in [-0.4, -0.2) is 66.6 Å². The molecule has 4 rings (SSSR count). The van der Waals surface area contributed by atoms with Crippen molar-refractivity contribution in [3.05, 3.63) is 23.5 Å². The molecule has 0 spiro atoms. The van der Waals surface area contributed by atoms with Gasteiger partial charge in [0.25, 0.3) is 0 Å². The van der Waals surface area contributed by atoms with Crippen molar-refractivity contribution in [2.45, 2.75) is 37.6 Å². The van der Waals surface area contributed by atoms with Gasteiger partial charge in [-0.05, 0) is 50.4 Å². The summed E-state index contributed by atoms with van der Waals surface area (Å²) in [5, 5.41) is 11.3. The number of hydrogen-bond donors (Lipinski definition) is 2. The molecule has 1 unspecified atom stereocenters. The zero-order valence-electron chi connectivity index (χ0n) is 16.0. The molecule has 3 heterocycles. The van der Waals surface area contributed by atoms with Crippen molar-refractivity contribution in [3.8, 4) is 5.75 Å². The highest BCUT2D eigenvalue weighted by Crippen LogP contribution is 2.44. The fourth-order valence-electron chi connectivity index (χ4n) is 4.56. The monoisotopic (exact) mass is 405 g/mol. The maximum absolute atomic E-state index is 14.8. The lowest BCUT2D eigenvalue weighted by atomic mass is 9.87. The summed E-state index contributed by atoms with van der Waals surface area (Å²) in [7, 11) is 0. The Morgan fingerprint density at radius 3 is 2.66 bits per heavy atom. The molecule has 9 heteroatoms. The average Bonchev–Trinajstić information content (AvgIpc) is 2.68. The number of nitrogens with one attached hydrogen (secondary N) is 1. The van der Waals surface area contributed by atoms with Gasteiger partial charge in [0.2, 0.25) is 11.8 Å². The maximum atomic E-state index is 14.8. The predicted octanol–water partition coefficient (Wildman–Crippen LogP) is 1.09. The molecule has 0 bridgehead atoms. The third-order valence-electron chi connectivity index (χ3n) is 5.95. The van der Waals surface area contributed by atoms with Gasteiger partial charge in [-0.25, -0.2) is 4.39 Å². The van der Waals surface area contributed by atoms with E-state index < -0.39 is 12.0 Å². The number of carboxylic acid groups (broad SMARTS) is 1. The van der Waals surface area contributed by atoms with Crippen LogP contribution in [0.3, 0.4) is 0 Å². The number of anilines is 1. The van der Waals surface area contributed by atoms with E-state index in [-0.39, 0.29) is 36.5 Å². The van der Waals surface area contributed by atoms with Crippen LogP contribution in [0.15, 0.2) is 12.1 Å². The molecule has 2 N–H and O–H groups in total. The molecule has 0 radical (unpaired) electrons. The third-order valence-corrected chi connectivity index (χ3v) is 5.95. The van der Waals surface area contributed by atoms with E-state index in [0.29, 0.717) is 62.5 Å². The van der Waals surface area contributed by atoms with Gasteiger partial charge in [0.1, 0.15) is 24.2 Å². The van der Waals surface area contributed by atoms with Crippen molar-refractivity contribution in [1.29, 1.82) is 0 Å². The third kappa shape index (κ3) is 3.91. The summed E-state index contributed by atoms with van der Waals surface area (Å²) in [6.07, 6.45) is 1.98. The van der Waals surface area contributed by atoms with Crippen molar-refractivity contribution in [2.75, 3.05) is 37.7 Å². The Morgan fingerprint density at radius 2 is 1.97 bits per heavy atom. The minimum Gasteiger partial charge on any atom is -0.489 e. The molecule has 29 heavy (non-hydrogen) atoms. The fraction of sp³-hybridized carbons (Fsp3) is 0.550. The molecule has 2 amide bonds. The molecule has 2 fully saturated rings. The Kier molecular flexibility index (Phi) is 5.40. The van der Waals surface area contributed by atoms with Crippen LogP contribution in [0.2, 0.25) is 0 Å². The fourth-order valence-corrected chi connectivity index (χ4v) is 4.56. The first kappa shape index (κ1) is 19.6. The van der Waals surface area contributed by atoms with Crippen molar-refractivity contribution in [2.24, 2.45) is 0 Å². The average molecular weight is 405 g/mol. The number of carbonyl (C=O) groups excluding carboxylic acids is 2. The highest BCUT2D eigenvalue weighted by Gasteiger charge is 2.37. The normalized spacial score (nSPS) is 23.3. The van der Waals surface area contributed by atoms with Gasteiger partial charge < -0.3 is 14.7 Å². The number of fused-ring (bicyclic) bond motifs is 1. The summed E-state index contributed by atoms with van der Waals surface area (Å²) in [6, 6.07) is 2.56. The number of hydrogen-bond acceptors (Lipinski definition) is 6. The van der Waals surface area contributed by atoms with Crippen LogP contribution in [0.1, 0.15) is 37.2 Å². The first-order chi connectivity index (χ1) is 13.9. The van der Waals surface area contributed by atoms with E-state index in [1.54, 1.807) is 6.07 Å². The lowest BCUT2D eigenvalue weighted by molar-refractivity contribution is -0.138. The van der Waals surface area contributed by atoms with Crippen LogP contribution in [0.4, 0.5) is 10.1 Å². The number of imide groups is 1. The van der Waals surface area contributed by atoms with Crippen LogP contribution in [0.5, 0.6) is 5.75 Å². The number of likely N-dealkylation sites (tertiary alicyclic amines) is 1. The second-order valence-electron chi connectivity index (χ2n) is 7.76.